The van der Waals surface area contributed by atoms with Gasteiger partial charge >= 0.3 is 0 Å². The molecule has 4 nitrogen and oxygen atoms in total. The van der Waals surface area contributed by atoms with Crippen LogP contribution in [0.2, 0.25) is 0 Å². The fraction of sp³-hybridized carbons (Fsp3) is 0.267. The van der Waals surface area contributed by atoms with Gasteiger partial charge in [0.05, 0.1) is 12.8 Å². The lowest BCUT2D eigenvalue weighted by atomic mass is 10.2. The number of benzene rings is 1. The number of rotatable bonds is 5. The number of hydrogen-bond donors (Lipinski definition) is 1. The Morgan fingerprint density at radius 1 is 1.32 bits per heavy atom. The van der Waals surface area contributed by atoms with Gasteiger partial charge in [0.1, 0.15) is 11.5 Å². The van der Waals surface area contributed by atoms with Gasteiger partial charge in [-0.1, -0.05) is 17.7 Å². The maximum Gasteiger partial charge on any atom is 0.261 e. The van der Waals surface area contributed by atoms with Gasteiger partial charge in [0.2, 0.25) is 0 Å². The SMILES string of the molecule is Cc1ccc(O[C@H](C)C(=O)NCc2ccco2)cc1. The molecule has 0 saturated heterocycles. The molecule has 4 heteroatoms. The highest BCUT2D eigenvalue weighted by Crippen LogP contribution is 2.13. The molecule has 1 atom stereocenters. The van der Waals surface area contributed by atoms with E-state index in [0.717, 1.165) is 11.3 Å². The predicted octanol–water partition coefficient (Wildman–Crippen LogP) is 2.67. The average molecular weight is 259 g/mol. The molecular formula is C15H17NO3. The van der Waals surface area contributed by atoms with E-state index in [-0.39, 0.29) is 5.91 Å². The minimum atomic E-state index is -0.544. The maximum absolute atomic E-state index is 11.8. The molecule has 0 saturated carbocycles. The number of amides is 1. The highest BCUT2D eigenvalue weighted by Gasteiger charge is 2.14. The van der Waals surface area contributed by atoms with Crippen LogP contribution in [0.25, 0.3) is 0 Å². The second-order valence-corrected chi connectivity index (χ2v) is 4.37. The highest BCUT2D eigenvalue weighted by molar-refractivity contribution is 5.80. The standard InChI is InChI=1S/C15H17NO3/c1-11-5-7-13(8-6-11)19-12(2)15(17)16-10-14-4-3-9-18-14/h3-9,12H,10H2,1-2H3,(H,16,17)/t12-/m1/s1. The van der Waals surface area contributed by atoms with Crippen molar-refractivity contribution in [1.29, 1.82) is 0 Å². The highest BCUT2D eigenvalue weighted by atomic mass is 16.5. The molecule has 0 fully saturated rings. The Morgan fingerprint density at radius 2 is 2.05 bits per heavy atom. The third-order valence-electron chi connectivity index (χ3n) is 2.72. The molecular weight excluding hydrogens is 242 g/mol. The fourth-order valence-corrected chi connectivity index (χ4v) is 1.61. The second-order valence-electron chi connectivity index (χ2n) is 4.37. The first-order valence-electron chi connectivity index (χ1n) is 6.18. The molecule has 19 heavy (non-hydrogen) atoms. The Morgan fingerprint density at radius 3 is 2.68 bits per heavy atom. The number of ether oxygens (including phenoxy) is 1. The molecule has 0 aliphatic heterocycles. The Labute approximate surface area is 112 Å². The number of hydrogen-bond acceptors (Lipinski definition) is 3. The molecule has 2 aromatic rings. The van der Waals surface area contributed by atoms with E-state index in [1.807, 2.05) is 37.3 Å². The number of carbonyl (C=O) groups is 1. The molecule has 1 aromatic heterocycles. The summed E-state index contributed by atoms with van der Waals surface area (Å²) in [5.41, 5.74) is 1.15. The van der Waals surface area contributed by atoms with E-state index in [4.69, 9.17) is 9.15 Å². The Hall–Kier alpha value is -2.23. The normalized spacial score (nSPS) is 11.9. The van der Waals surface area contributed by atoms with Gasteiger partial charge in [0, 0.05) is 0 Å². The number of aryl methyl sites for hydroxylation is 1. The van der Waals surface area contributed by atoms with Crippen LogP contribution < -0.4 is 10.1 Å². The van der Waals surface area contributed by atoms with Crippen LogP contribution in [-0.4, -0.2) is 12.0 Å². The van der Waals surface area contributed by atoms with Crippen molar-refractivity contribution in [2.24, 2.45) is 0 Å². The summed E-state index contributed by atoms with van der Waals surface area (Å²) in [6, 6.07) is 11.2. The number of furan rings is 1. The maximum atomic E-state index is 11.8. The summed E-state index contributed by atoms with van der Waals surface area (Å²) >= 11 is 0. The lowest BCUT2D eigenvalue weighted by molar-refractivity contribution is -0.127. The van der Waals surface area contributed by atoms with Crippen molar-refractivity contribution in [3.8, 4) is 5.75 Å². The van der Waals surface area contributed by atoms with Gasteiger partial charge in [0.15, 0.2) is 6.10 Å². The monoisotopic (exact) mass is 259 g/mol. The molecule has 1 aromatic carbocycles. The van der Waals surface area contributed by atoms with E-state index in [2.05, 4.69) is 5.32 Å². The molecule has 0 aliphatic carbocycles. The van der Waals surface area contributed by atoms with Crippen molar-refractivity contribution in [3.05, 3.63) is 54.0 Å². The smallest absolute Gasteiger partial charge is 0.261 e. The average Bonchev–Trinajstić information content (AvgIpc) is 2.91. The van der Waals surface area contributed by atoms with Crippen LogP contribution in [0.1, 0.15) is 18.2 Å². The summed E-state index contributed by atoms with van der Waals surface area (Å²) in [6.45, 7) is 4.09. The minimum Gasteiger partial charge on any atom is -0.481 e. The first kappa shape index (κ1) is 13.2. The van der Waals surface area contributed by atoms with Gasteiger partial charge in [-0.05, 0) is 38.1 Å². The van der Waals surface area contributed by atoms with Crippen LogP contribution in [0.4, 0.5) is 0 Å². The molecule has 0 unspecified atom stereocenters. The molecule has 0 radical (unpaired) electrons. The second kappa shape index (κ2) is 6.09. The first-order chi connectivity index (χ1) is 9.15. The summed E-state index contributed by atoms with van der Waals surface area (Å²) in [5.74, 6) is 1.24. The van der Waals surface area contributed by atoms with Crippen LogP contribution in [0, 0.1) is 6.92 Å². The summed E-state index contributed by atoms with van der Waals surface area (Å²) in [4.78, 5) is 11.8. The van der Waals surface area contributed by atoms with Crippen molar-refractivity contribution >= 4 is 5.91 Å². The molecule has 100 valence electrons. The lowest BCUT2D eigenvalue weighted by Crippen LogP contribution is -2.35. The first-order valence-corrected chi connectivity index (χ1v) is 6.18. The van der Waals surface area contributed by atoms with E-state index in [0.29, 0.717) is 12.3 Å². The van der Waals surface area contributed by atoms with Gasteiger partial charge < -0.3 is 14.5 Å². The summed E-state index contributed by atoms with van der Waals surface area (Å²) in [5, 5.41) is 2.76. The molecule has 0 aliphatic rings. The molecule has 0 spiro atoms. The van der Waals surface area contributed by atoms with Crippen molar-refractivity contribution in [3.63, 3.8) is 0 Å². The Kier molecular flexibility index (Phi) is 4.23. The van der Waals surface area contributed by atoms with Crippen molar-refractivity contribution < 1.29 is 13.9 Å². The van der Waals surface area contributed by atoms with Gasteiger partial charge in [-0.2, -0.15) is 0 Å². The van der Waals surface area contributed by atoms with Gasteiger partial charge in [0.25, 0.3) is 5.91 Å². The number of carbonyl (C=O) groups excluding carboxylic acids is 1. The van der Waals surface area contributed by atoms with Crippen LogP contribution in [0.3, 0.4) is 0 Å². The van der Waals surface area contributed by atoms with Crippen molar-refractivity contribution in [1.82, 2.24) is 5.32 Å². The van der Waals surface area contributed by atoms with Gasteiger partial charge in [-0.15, -0.1) is 0 Å². The predicted molar refractivity (Wildman–Crippen MR) is 71.8 cm³/mol. The third kappa shape index (κ3) is 3.88. The van der Waals surface area contributed by atoms with E-state index >= 15 is 0 Å². The molecule has 1 heterocycles. The summed E-state index contributed by atoms with van der Waals surface area (Å²) < 4.78 is 10.7. The van der Waals surface area contributed by atoms with E-state index < -0.39 is 6.10 Å². The van der Waals surface area contributed by atoms with Gasteiger partial charge in [-0.3, -0.25) is 4.79 Å². The quantitative estimate of drug-likeness (QED) is 0.898. The largest absolute Gasteiger partial charge is 0.481 e. The zero-order valence-electron chi connectivity index (χ0n) is 11.1. The van der Waals surface area contributed by atoms with Crippen molar-refractivity contribution in [2.75, 3.05) is 0 Å². The molecule has 2 rings (SSSR count). The topological polar surface area (TPSA) is 51.5 Å². The van der Waals surface area contributed by atoms with Crippen molar-refractivity contribution in [2.45, 2.75) is 26.5 Å². The minimum absolute atomic E-state index is 0.169. The molecule has 1 amide bonds. The van der Waals surface area contributed by atoms with Gasteiger partial charge in [-0.25, -0.2) is 0 Å². The Balaban J connectivity index is 1.83. The summed E-state index contributed by atoms with van der Waals surface area (Å²) in [7, 11) is 0. The van der Waals surface area contributed by atoms with E-state index in [9.17, 15) is 4.79 Å². The molecule has 1 N–H and O–H groups in total. The summed E-state index contributed by atoms with van der Waals surface area (Å²) in [6.07, 6.45) is 1.03. The van der Waals surface area contributed by atoms with Crippen LogP contribution in [0.15, 0.2) is 47.1 Å². The third-order valence-corrected chi connectivity index (χ3v) is 2.72. The Bertz CT molecular complexity index is 517. The fourth-order valence-electron chi connectivity index (χ4n) is 1.61. The molecule has 0 bridgehead atoms. The number of nitrogens with one attached hydrogen (secondary N) is 1. The van der Waals surface area contributed by atoms with Crippen LogP contribution in [0.5, 0.6) is 5.75 Å². The lowest BCUT2D eigenvalue weighted by Gasteiger charge is -2.14. The zero-order valence-corrected chi connectivity index (χ0v) is 11.1. The van der Waals surface area contributed by atoms with Crippen LogP contribution in [-0.2, 0) is 11.3 Å². The van der Waals surface area contributed by atoms with Crippen LogP contribution >= 0.6 is 0 Å². The van der Waals surface area contributed by atoms with E-state index in [1.54, 1.807) is 19.3 Å². The van der Waals surface area contributed by atoms with E-state index in [1.165, 1.54) is 0 Å². The zero-order chi connectivity index (χ0) is 13.7.